The fraction of sp³-hybridized carbons (Fsp3) is 0.136. The van der Waals surface area contributed by atoms with Crippen LogP contribution in [0.5, 0.6) is 5.75 Å². The lowest BCUT2D eigenvalue weighted by Crippen LogP contribution is -2.08. The van der Waals surface area contributed by atoms with Crippen molar-refractivity contribution in [2.75, 3.05) is 31.4 Å². The summed E-state index contributed by atoms with van der Waals surface area (Å²) in [7, 11) is 5.76. The van der Waals surface area contributed by atoms with E-state index in [2.05, 4.69) is 46.6 Å². The van der Waals surface area contributed by atoms with E-state index in [1.807, 2.05) is 44.4 Å². The Morgan fingerprint density at radius 1 is 0.846 bits per heavy atom. The molecule has 4 heteroatoms. The van der Waals surface area contributed by atoms with Crippen molar-refractivity contribution >= 4 is 38.9 Å². The van der Waals surface area contributed by atoms with E-state index in [1.54, 1.807) is 7.11 Å². The number of hydrogen-bond donors (Lipinski definition) is 1. The van der Waals surface area contributed by atoms with Crippen molar-refractivity contribution in [1.82, 2.24) is 4.98 Å². The second-order valence-corrected chi connectivity index (χ2v) is 6.43. The van der Waals surface area contributed by atoms with Crippen LogP contribution in [-0.2, 0) is 0 Å². The Hall–Kier alpha value is -3.27. The summed E-state index contributed by atoms with van der Waals surface area (Å²) >= 11 is 0. The zero-order valence-corrected chi connectivity index (χ0v) is 15.2. The molecule has 4 aromatic rings. The molecule has 0 spiro atoms. The van der Waals surface area contributed by atoms with Gasteiger partial charge in [-0.15, -0.1) is 0 Å². The number of pyridine rings is 1. The minimum atomic E-state index is 0.777. The van der Waals surface area contributed by atoms with Crippen LogP contribution in [0.15, 0.2) is 66.7 Å². The van der Waals surface area contributed by atoms with Gasteiger partial charge in [-0.25, -0.2) is 4.98 Å². The van der Waals surface area contributed by atoms with Crippen LogP contribution in [-0.4, -0.2) is 26.2 Å². The lowest BCUT2D eigenvalue weighted by atomic mass is 10.1. The molecule has 0 fully saturated rings. The summed E-state index contributed by atoms with van der Waals surface area (Å²) < 4.78 is 5.53. The van der Waals surface area contributed by atoms with Crippen LogP contribution >= 0.6 is 0 Å². The highest BCUT2D eigenvalue weighted by Gasteiger charge is 2.12. The van der Waals surface area contributed by atoms with E-state index in [1.165, 1.54) is 5.69 Å². The summed E-state index contributed by atoms with van der Waals surface area (Å²) in [5.41, 5.74) is 5.05. The van der Waals surface area contributed by atoms with E-state index in [9.17, 15) is 0 Å². The van der Waals surface area contributed by atoms with Crippen LogP contribution in [0.2, 0.25) is 0 Å². The van der Waals surface area contributed by atoms with Crippen molar-refractivity contribution in [3.8, 4) is 5.75 Å². The highest BCUT2D eigenvalue weighted by Crippen LogP contribution is 2.36. The number of aromatic nitrogens is 1. The molecular weight excluding hydrogens is 322 g/mol. The molecule has 1 heterocycles. The third kappa shape index (κ3) is 2.80. The second-order valence-electron chi connectivity index (χ2n) is 6.43. The normalized spacial score (nSPS) is 10.9. The van der Waals surface area contributed by atoms with Gasteiger partial charge in [0.05, 0.1) is 18.3 Å². The number of benzene rings is 3. The molecule has 0 amide bonds. The average Bonchev–Trinajstić information content (AvgIpc) is 2.67. The van der Waals surface area contributed by atoms with Crippen molar-refractivity contribution < 1.29 is 4.74 Å². The van der Waals surface area contributed by atoms with E-state index in [4.69, 9.17) is 9.72 Å². The Balaban J connectivity index is 1.91. The minimum Gasteiger partial charge on any atom is -0.494 e. The van der Waals surface area contributed by atoms with Gasteiger partial charge in [-0.05, 0) is 36.4 Å². The fourth-order valence-corrected chi connectivity index (χ4v) is 3.17. The summed E-state index contributed by atoms with van der Waals surface area (Å²) in [5, 5.41) is 5.72. The first-order valence-corrected chi connectivity index (χ1v) is 8.57. The minimum absolute atomic E-state index is 0.777. The maximum Gasteiger partial charge on any atom is 0.145 e. The predicted octanol–water partition coefficient (Wildman–Crippen LogP) is 5.21. The van der Waals surface area contributed by atoms with Crippen LogP contribution in [0.4, 0.5) is 17.1 Å². The van der Waals surface area contributed by atoms with Crippen LogP contribution < -0.4 is 15.0 Å². The molecule has 130 valence electrons. The van der Waals surface area contributed by atoms with Crippen LogP contribution in [0.25, 0.3) is 21.8 Å². The summed E-state index contributed by atoms with van der Waals surface area (Å²) in [6, 6.07) is 22.6. The highest BCUT2D eigenvalue weighted by molar-refractivity contribution is 6.10. The molecule has 0 aliphatic rings. The number of anilines is 3. The molecule has 3 aromatic carbocycles. The molecular formula is C22H21N3O. The maximum atomic E-state index is 5.53. The van der Waals surface area contributed by atoms with E-state index < -0.39 is 0 Å². The van der Waals surface area contributed by atoms with Crippen molar-refractivity contribution in [1.29, 1.82) is 0 Å². The van der Waals surface area contributed by atoms with Gasteiger partial charge in [0, 0.05) is 36.2 Å². The van der Waals surface area contributed by atoms with Crippen LogP contribution in [0.1, 0.15) is 0 Å². The van der Waals surface area contributed by atoms with Crippen molar-refractivity contribution in [2.45, 2.75) is 0 Å². The molecule has 1 N–H and O–H groups in total. The molecule has 1 aromatic heterocycles. The van der Waals surface area contributed by atoms with Crippen molar-refractivity contribution in [3.05, 3.63) is 66.7 Å². The number of rotatable bonds is 4. The van der Waals surface area contributed by atoms with Gasteiger partial charge in [-0.3, -0.25) is 0 Å². The zero-order chi connectivity index (χ0) is 18.1. The van der Waals surface area contributed by atoms with Gasteiger partial charge >= 0.3 is 0 Å². The zero-order valence-electron chi connectivity index (χ0n) is 15.2. The van der Waals surface area contributed by atoms with Gasteiger partial charge < -0.3 is 15.0 Å². The lowest BCUT2D eigenvalue weighted by molar-refractivity contribution is 0.419. The molecule has 0 bridgehead atoms. The molecule has 0 saturated heterocycles. The number of ether oxygens (including phenoxy) is 1. The molecule has 4 rings (SSSR count). The molecule has 0 unspecified atom stereocenters. The Morgan fingerprint density at radius 3 is 2.31 bits per heavy atom. The summed E-state index contributed by atoms with van der Waals surface area (Å²) in [6.07, 6.45) is 0. The third-order valence-electron chi connectivity index (χ3n) is 4.55. The van der Waals surface area contributed by atoms with E-state index >= 15 is 0 Å². The first-order valence-electron chi connectivity index (χ1n) is 8.57. The van der Waals surface area contributed by atoms with Crippen LogP contribution in [0.3, 0.4) is 0 Å². The highest BCUT2D eigenvalue weighted by atomic mass is 16.5. The van der Waals surface area contributed by atoms with Gasteiger partial charge in [0.1, 0.15) is 11.3 Å². The number of nitrogens with one attached hydrogen (secondary N) is 1. The fourth-order valence-electron chi connectivity index (χ4n) is 3.17. The topological polar surface area (TPSA) is 37.4 Å². The number of methoxy groups -OCH3 is 1. The molecule has 0 aliphatic carbocycles. The quantitative estimate of drug-likeness (QED) is 0.516. The second kappa shape index (κ2) is 6.56. The predicted molar refractivity (Wildman–Crippen MR) is 110 cm³/mol. The number of nitrogens with zero attached hydrogens (tertiary/aromatic N) is 2. The van der Waals surface area contributed by atoms with Gasteiger partial charge in [0.15, 0.2) is 0 Å². The average molecular weight is 343 g/mol. The van der Waals surface area contributed by atoms with Gasteiger partial charge in [-0.2, -0.15) is 0 Å². The van der Waals surface area contributed by atoms with Gasteiger partial charge in [-0.1, -0.05) is 30.3 Å². The lowest BCUT2D eigenvalue weighted by Gasteiger charge is -2.16. The standard InChI is InChI=1S/C22H21N3O/c1-25(2)16-13-11-15(12-14-16)23-21-17-7-4-5-9-19(17)24-22-18(21)8-6-10-20(22)26-3/h4-14H,1-3H3,(H,23,24). The molecule has 0 atom stereocenters. The maximum absolute atomic E-state index is 5.53. The smallest absolute Gasteiger partial charge is 0.145 e. The third-order valence-corrected chi connectivity index (χ3v) is 4.55. The Bertz CT molecular complexity index is 1070. The Kier molecular flexibility index (Phi) is 4.09. The largest absolute Gasteiger partial charge is 0.494 e. The van der Waals surface area contributed by atoms with Crippen molar-refractivity contribution in [3.63, 3.8) is 0 Å². The molecule has 26 heavy (non-hydrogen) atoms. The van der Waals surface area contributed by atoms with Gasteiger partial charge in [0.25, 0.3) is 0 Å². The summed E-state index contributed by atoms with van der Waals surface area (Å²) in [4.78, 5) is 6.91. The molecule has 0 aliphatic heterocycles. The molecule has 4 nitrogen and oxygen atoms in total. The number of fused-ring (bicyclic) bond motifs is 2. The summed E-state index contributed by atoms with van der Waals surface area (Å²) in [6.45, 7) is 0. The van der Waals surface area contributed by atoms with E-state index in [0.717, 1.165) is 38.9 Å². The Morgan fingerprint density at radius 2 is 1.58 bits per heavy atom. The first kappa shape index (κ1) is 16.2. The van der Waals surface area contributed by atoms with Crippen LogP contribution in [0, 0.1) is 0 Å². The molecule has 0 saturated carbocycles. The van der Waals surface area contributed by atoms with E-state index in [0.29, 0.717) is 0 Å². The first-order chi connectivity index (χ1) is 12.7. The SMILES string of the molecule is COc1cccc2c(Nc3ccc(N(C)C)cc3)c3ccccc3nc12. The summed E-state index contributed by atoms with van der Waals surface area (Å²) in [5.74, 6) is 0.777. The van der Waals surface area contributed by atoms with Crippen molar-refractivity contribution in [2.24, 2.45) is 0 Å². The van der Waals surface area contributed by atoms with E-state index in [-0.39, 0.29) is 0 Å². The Labute approximate surface area is 153 Å². The number of hydrogen-bond acceptors (Lipinski definition) is 4. The molecule has 0 radical (unpaired) electrons. The monoisotopic (exact) mass is 343 g/mol. The van der Waals surface area contributed by atoms with Gasteiger partial charge in [0.2, 0.25) is 0 Å². The number of para-hydroxylation sites is 2.